The SMILES string of the molecule is C[C@@H](C(=O)NCc1cccnc1)N1CC[C@@]2(CCC1=O)CC(=O)c1ccccc1O2. The molecule has 1 aromatic heterocycles. The number of benzene rings is 1. The molecular weight excluding hydrogens is 382 g/mol. The molecule has 30 heavy (non-hydrogen) atoms. The lowest BCUT2D eigenvalue weighted by Crippen LogP contribution is -2.48. The Bertz CT molecular complexity index is 962. The molecule has 4 rings (SSSR count). The van der Waals surface area contributed by atoms with Crippen LogP contribution in [0.4, 0.5) is 0 Å². The number of hydrogen-bond donors (Lipinski definition) is 1. The van der Waals surface area contributed by atoms with Gasteiger partial charge in [0.2, 0.25) is 11.8 Å². The summed E-state index contributed by atoms with van der Waals surface area (Å²) in [5, 5.41) is 2.87. The number of para-hydroxylation sites is 1. The van der Waals surface area contributed by atoms with Crippen molar-refractivity contribution in [3.05, 3.63) is 59.9 Å². The van der Waals surface area contributed by atoms with Gasteiger partial charge < -0.3 is 15.0 Å². The minimum Gasteiger partial charge on any atom is -0.486 e. The third kappa shape index (κ3) is 4.06. The second-order valence-corrected chi connectivity index (χ2v) is 7.97. The summed E-state index contributed by atoms with van der Waals surface area (Å²) in [6.07, 6.45) is 4.85. The average Bonchev–Trinajstić information content (AvgIpc) is 2.91. The zero-order chi connectivity index (χ0) is 21.1. The molecule has 0 unspecified atom stereocenters. The average molecular weight is 407 g/mol. The molecule has 2 aromatic rings. The van der Waals surface area contributed by atoms with Crippen LogP contribution >= 0.6 is 0 Å². The van der Waals surface area contributed by atoms with E-state index < -0.39 is 11.6 Å². The summed E-state index contributed by atoms with van der Waals surface area (Å²) in [6.45, 7) is 2.46. The molecular formula is C23H25N3O4. The van der Waals surface area contributed by atoms with Crippen LogP contribution in [-0.4, -0.2) is 45.7 Å². The third-order valence-electron chi connectivity index (χ3n) is 5.96. The van der Waals surface area contributed by atoms with E-state index >= 15 is 0 Å². The number of aromatic nitrogens is 1. The fraction of sp³-hybridized carbons (Fsp3) is 0.391. The number of carbonyl (C=O) groups excluding carboxylic acids is 3. The fourth-order valence-corrected chi connectivity index (χ4v) is 4.17. The second-order valence-electron chi connectivity index (χ2n) is 7.97. The zero-order valence-corrected chi connectivity index (χ0v) is 17.0. The van der Waals surface area contributed by atoms with E-state index in [9.17, 15) is 14.4 Å². The van der Waals surface area contributed by atoms with Gasteiger partial charge in [-0.1, -0.05) is 18.2 Å². The van der Waals surface area contributed by atoms with Gasteiger partial charge in [0.25, 0.3) is 0 Å². The van der Waals surface area contributed by atoms with Crippen molar-refractivity contribution in [2.75, 3.05) is 6.54 Å². The van der Waals surface area contributed by atoms with Gasteiger partial charge in [-0.15, -0.1) is 0 Å². The number of rotatable bonds is 4. The molecule has 156 valence electrons. The van der Waals surface area contributed by atoms with Gasteiger partial charge in [0.05, 0.1) is 12.0 Å². The Kier molecular flexibility index (Phi) is 5.53. The Labute approximate surface area is 175 Å². The van der Waals surface area contributed by atoms with Gasteiger partial charge in [-0.3, -0.25) is 19.4 Å². The number of Topliss-reactive ketones (excluding diaryl/α,β-unsaturated/α-hetero) is 1. The maximum atomic E-state index is 12.8. The number of ether oxygens (including phenoxy) is 1. The Morgan fingerprint density at radius 2 is 2.07 bits per heavy atom. The van der Waals surface area contributed by atoms with Crippen LogP contribution in [0.25, 0.3) is 0 Å². The molecule has 7 nitrogen and oxygen atoms in total. The van der Waals surface area contributed by atoms with Crippen LogP contribution < -0.4 is 10.1 Å². The highest BCUT2D eigenvalue weighted by molar-refractivity contribution is 6.00. The number of hydrogen-bond acceptors (Lipinski definition) is 5. The standard InChI is InChI=1S/C23H25N3O4/c1-16(22(29)25-15-17-5-4-11-24-14-17)26-12-10-23(9-8-21(26)28)13-19(27)18-6-2-3-7-20(18)30-23/h2-7,11,14,16H,8-10,12-13,15H2,1H3,(H,25,29)/t16-,23-/m0/s1. The summed E-state index contributed by atoms with van der Waals surface area (Å²) in [5.41, 5.74) is 0.799. The Balaban J connectivity index is 1.42. The largest absolute Gasteiger partial charge is 0.486 e. The molecule has 1 spiro atoms. The van der Waals surface area contributed by atoms with Crippen LogP contribution in [0.3, 0.4) is 0 Å². The summed E-state index contributed by atoms with van der Waals surface area (Å²) >= 11 is 0. The smallest absolute Gasteiger partial charge is 0.242 e. The molecule has 2 aliphatic heterocycles. The van der Waals surface area contributed by atoms with Gasteiger partial charge in [0, 0.05) is 38.3 Å². The van der Waals surface area contributed by atoms with Gasteiger partial charge in [0.15, 0.2) is 5.78 Å². The van der Waals surface area contributed by atoms with Crippen LogP contribution in [-0.2, 0) is 16.1 Å². The maximum absolute atomic E-state index is 12.8. The topological polar surface area (TPSA) is 88.6 Å². The number of fused-ring (bicyclic) bond motifs is 1. The Hall–Kier alpha value is -3.22. The number of nitrogens with one attached hydrogen (secondary N) is 1. The van der Waals surface area contributed by atoms with Crippen molar-refractivity contribution in [2.45, 2.75) is 50.8 Å². The first-order chi connectivity index (χ1) is 14.5. The third-order valence-corrected chi connectivity index (χ3v) is 5.96. The van der Waals surface area contributed by atoms with E-state index in [0.29, 0.717) is 37.2 Å². The van der Waals surface area contributed by atoms with E-state index in [2.05, 4.69) is 10.3 Å². The van der Waals surface area contributed by atoms with E-state index in [1.54, 1.807) is 36.4 Å². The lowest BCUT2D eigenvalue weighted by molar-refractivity contribution is -0.139. The Morgan fingerprint density at radius 1 is 1.23 bits per heavy atom. The van der Waals surface area contributed by atoms with Crippen molar-refractivity contribution in [3.63, 3.8) is 0 Å². The monoisotopic (exact) mass is 407 g/mol. The molecule has 1 saturated heterocycles. The summed E-state index contributed by atoms with van der Waals surface area (Å²) in [4.78, 5) is 43.7. The van der Waals surface area contributed by atoms with Gasteiger partial charge in [-0.25, -0.2) is 0 Å². The molecule has 0 bridgehead atoms. The minimum atomic E-state index is -0.693. The molecule has 2 amide bonds. The normalized spacial score (nSPS) is 22.1. The van der Waals surface area contributed by atoms with E-state index in [1.165, 1.54) is 0 Å². The van der Waals surface area contributed by atoms with Crippen molar-refractivity contribution >= 4 is 17.6 Å². The number of amides is 2. The lowest BCUT2D eigenvalue weighted by atomic mass is 9.84. The molecule has 2 atom stereocenters. The molecule has 1 N–H and O–H groups in total. The van der Waals surface area contributed by atoms with Gasteiger partial charge >= 0.3 is 0 Å². The van der Waals surface area contributed by atoms with E-state index in [-0.39, 0.29) is 30.4 Å². The molecule has 1 aromatic carbocycles. The molecule has 0 radical (unpaired) electrons. The summed E-state index contributed by atoms with van der Waals surface area (Å²) in [7, 11) is 0. The van der Waals surface area contributed by atoms with E-state index in [1.807, 2.05) is 24.3 Å². The molecule has 0 saturated carbocycles. The van der Waals surface area contributed by atoms with Gasteiger partial charge in [-0.05, 0) is 37.1 Å². The molecule has 3 heterocycles. The highest BCUT2D eigenvalue weighted by Gasteiger charge is 2.44. The quantitative estimate of drug-likeness (QED) is 0.841. The second kappa shape index (κ2) is 8.26. The van der Waals surface area contributed by atoms with Crippen LogP contribution in [0, 0.1) is 0 Å². The first-order valence-electron chi connectivity index (χ1n) is 10.2. The van der Waals surface area contributed by atoms with Crippen molar-refractivity contribution in [3.8, 4) is 5.75 Å². The molecule has 7 heteroatoms. The van der Waals surface area contributed by atoms with Crippen LogP contribution in [0.1, 0.15) is 48.5 Å². The predicted octanol–water partition coefficient (Wildman–Crippen LogP) is 2.50. The van der Waals surface area contributed by atoms with Crippen LogP contribution in [0.2, 0.25) is 0 Å². The van der Waals surface area contributed by atoms with Crippen molar-refractivity contribution in [2.24, 2.45) is 0 Å². The summed E-state index contributed by atoms with van der Waals surface area (Å²) in [6, 6.07) is 10.3. The lowest BCUT2D eigenvalue weighted by Gasteiger charge is -2.37. The van der Waals surface area contributed by atoms with Gasteiger partial charge in [-0.2, -0.15) is 0 Å². The number of nitrogens with zero attached hydrogens (tertiary/aromatic N) is 2. The molecule has 2 aliphatic rings. The van der Waals surface area contributed by atoms with Crippen molar-refractivity contribution in [1.29, 1.82) is 0 Å². The maximum Gasteiger partial charge on any atom is 0.242 e. The molecule has 1 fully saturated rings. The summed E-state index contributed by atoms with van der Waals surface area (Å²) in [5.74, 6) is 0.317. The molecule has 0 aliphatic carbocycles. The highest BCUT2D eigenvalue weighted by Crippen LogP contribution is 2.39. The summed E-state index contributed by atoms with van der Waals surface area (Å²) < 4.78 is 6.25. The predicted molar refractivity (Wildman–Crippen MR) is 110 cm³/mol. The first kappa shape index (κ1) is 20.1. The number of carbonyl (C=O) groups is 3. The van der Waals surface area contributed by atoms with Crippen molar-refractivity contribution in [1.82, 2.24) is 15.2 Å². The highest BCUT2D eigenvalue weighted by atomic mass is 16.5. The minimum absolute atomic E-state index is 0.0417. The zero-order valence-electron chi connectivity index (χ0n) is 17.0. The van der Waals surface area contributed by atoms with E-state index in [0.717, 1.165) is 5.56 Å². The first-order valence-corrected chi connectivity index (χ1v) is 10.2. The fourth-order valence-electron chi connectivity index (χ4n) is 4.17. The van der Waals surface area contributed by atoms with Gasteiger partial charge in [0.1, 0.15) is 17.4 Å². The van der Waals surface area contributed by atoms with Crippen LogP contribution in [0.5, 0.6) is 5.75 Å². The van der Waals surface area contributed by atoms with Crippen molar-refractivity contribution < 1.29 is 19.1 Å². The van der Waals surface area contributed by atoms with E-state index in [4.69, 9.17) is 4.74 Å². The van der Waals surface area contributed by atoms with Crippen LogP contribution in [0.15, 0.2) is 48.8 Å². The number of ketones is 1. The number of pyridine rings is 1. The Morgan fingerprint density at radius 3 is 2.87 bits per heavy atom. The number of likely N-dealkylation sites (tertiary alicyclic amines) is 1.